The van der Waals surface area contributed by atoms with Crippen molar-refractivity contribution in [2.45, 2.75) is 31.3 Å². The summed E-state index contributed by atoms with van der Waals surface area (Å²) in [7, 11) is -3.79. The lowest BCUT2D eigenvalue weighted by atomic mass is 10.1. The predicted octanol–water partition coefficient (Wildman–Crippen LogP) is 3.86. The van der Waals surface area contributed by atoms with Gasteiger partial charge in [-0.1, -0.05) is 0 Å². The second-order valence-electron chi connectivity index (χ2n) is 7.34. The molecule has 8 nitrogen and oxygen atoms in total. The van der Waals surface area contributed by atoms with Crippen molar-refractivity contribution in [3.05, 3.63) is 72.1 Å². The van der Waals surface area contributed by atoms with Crippen LogP contribution >= 0.6 is 0 Å². The van der Waals surface area contributed by atoms with E-state index in [1.54, 1.807) is 18.2 Å². The standard InChI is InChI=1S/C23H23N3O5S/c1-3-30-22-13-17-12-15(2)31-21(17)14-20(22)25-23(27)16-4-6-19(7-5-16)32(28,29)26-18-8-10-24-11-9-18/h4-11,13-15H,3,12H2,1-2H3,(H,24,26)(H,25,27). The number of sulfonamides is 1. The summed E-state index contributed by atoms with van der Waals surface area (Å²) in [6.45, 7) is 4.31. The first-order valence-electron chi connectivity index (χ1n) is 10.2. The Morgan fingerprint density at radius 2 is 1.88 bits per heavy atom. The van der Waals surface area contributed by atoms with Crippen LogP contribution < -0.4 is 19.5 Å². The lowest BCUT2D eigenvalue weighted by Crippen LogP contribution is -2.15. The quantitative estimate of drug-likeness (QED) is 0.563. The minimum atomic E-state index is -3.79. The van der Waals surface area contributed by atoms with Gasteiger partial charge in [0.15, 0.2) is 0 Å². The Kier molecular flexibility index (Phi) is 6.00. The molecule has 1 amide bonds. The highest BCUT2D eigenvalue weighted by Crippen LogP contribution is 2.38. The number of anilines is 2. The predicted molar refractivity (Wildman–Crippen MR) is 121 cm³/mol. The Morgan fingerprint density at radius 3 is 2.56 bits per heavy atom. The highest BCUT2D eigenvalue weighted by molar-refractivity contribution is 7.92. The first kappa shape index (κ1) is 21.6. The molecular weight excluding hydrogens is 430 g/mol. The van der Waals surface area contributed by atoms with E-state index in [9.17, 15) is 13.2 Å². The van der Waals surface area contributed by atoms with Crippen molar-refractivity contribution in [2.24, 2.45) is 0 Å². The number of pyridine rings is 1. The van der Waals surface area contributed by atoms with Gasteiger partial charge in [0.25, 0.3) is 15.9 Å². The number of nitrogens with zero attached hydrogens (tertiary/aromatic N) is 1. The SMILES string of the molecule is CCOc1cc2c(cc1NC(=O)c1ccc(S(=O)(=O)Nc3ccncc3)cc1)OC(C)C2. The van der Waals surface area contributed by atoms with Gasteiger partial charge in [-0.15, -0.1) is 0 Å². The molecule has 0 spiro atoms. The molecule has 1 aromatic heterocycles. The maximum atomic E-state index is 12.8. The molecule has 3 aromatic rings. The number of fused-ring (bicyclic) bond motifs is 1. The van der Waals surface area contributed by atoms with E-state index >= 15 is 0 Å². The monoisotopic (exact) mass is 453 g/mol. The third kappa shape index (κ3) is 4.67. The van der Waals surface area contributed by atoms with Crippen LogP contribution in [-0.4, -0.2) is 32.0 Å². The molecule has 4 rings (SSSR count). The molecule has 0 fully saturated rings. The van der Waals surface area contributed by atoms with E-state index in [1.807, 2.05) is 19.9 Å². The van der Waals surface area contributed by atoms with Gasteiger partial charge in [0.05, 0.1) is 22.9 Å². The highest BCUT2D eigenvalue weighted by atomic mass is 32.2. The van der Waals surface area contributed by atoms with Crippen molar-refractivity contribution >= 4 is 27.3 Å². The number of carbonyl (C=O) groups excluding carboxylic acids is 1. The zero-order valence-corrected chi connectivity index (χ0v) is 18.5. The highest BCUT2D eigenvalue weighted by Gasteiger charge is 2.23. The fraction of sp³-hybridized carbons (Fsp3) is 0.217. The van der Waals surface area contributed by atoms with Gasteiger partial charge in [0.1, 0.15) is 17.6 Å². The van der Waals surface area contributed by atoms with Crippen LogP contribution in [0.15, 0.2) is 65.8 Å². The summed E-state index contributed by atoms with van der Waals surface area (Å²) in [5.74, 6) is 0.904. The minimum Gasteiger partial charge on any atom is -0.492 e. The third-order valence-corrected chi connectivity index (χ3v) is 6.30. The summed E-state index contributed by atoms with van der Waals surface area (Å²) >= 11 is 0. The van der Waals surface area contributed by atoms with Crippen molar-refractivity contribution in [2.75, 3.05) is 16.6 Å². The smallest absolute Gasteiger partial charge is 0.261 e. The summed E-state index contributed by atoms with van der Waals surface area (Å²) < 4.78 is 39.1. The number of nitrogens with one attached hydrogen (secondary N) is 2. The van der Waals surface area contributed by atoms with Gasteiger partial charge in [0.2, 0.25) is 0 Å². The van der Waals surface area contributed by atoms with Crippen LogP contribution in [0.25, 0.3) is 0 Å². The topological polar surface area (TPSA) is 107 Å². The van der Waals surface area contributed by atoms with Gasteiger partial charge in [-0.25, -0.2) is 8.42 Å². The maximum Gasteiger partial charge on any atom is 0.261 e. The zero-order chi connectivity index (χ0) is 22.7. The van der Waals surface area contributed by atoms with Crippen LogP contribution in [0.4, 0.5) is 11.4 Å². The molecule has 1 aliphatic rings. The Balaban J connectivity index is 1.52. The fourth-order valence-corrected chi connectivity index (χ4v) is 4.48. The Bertz CT molecular complexity index is 1230. The summed E-state index contributed by atoms with van der Waals surface area (Å²) in [6.07, 6.45) is 3.84. The van der Waals surface area contributed by atoms with Gasteiger partial charge < -0.3 is 14.8 Å². The lowest BCUT2D eigenvalue weighted by Gasteiger charge is -2.14. The van der Waals surface area contributed by atoms with Crippen LogP contribution in [0.2, 0.25) is 0 Å². The molecule has 32 heavy (non-hydrogen) atoms. The Hall–Kier alpha value is -3.59. The number of rotatable bonds is 7. The van der Waals surface area contributed by atoms with Crippen molar-refractivity contribution < 1.29 is 22.7 Å². The maximum absolute atomic E-state index is 12.8. The lowest BCUT2D eigenvalue weighted by molar-refractivity contribution is 0.102. The van der Waals surface area contributed by atoms with E-state index in [0.717, 1.165) is 17.7 Å². The average molecular weight is 454 g/mol. The largest absolute Gasteiger partial charge is 0.492 e. The first-order chi connectivity index (χ1) is 15.4. The van der Waals surface area contributed by atoms with Crippen LogP contribution in [0.5, 0.6) is 11.5 Å². The van der Waals surface area contributed by atoms with E-state index in [4.69, 9.17) is 9.47 Å². The van der Waals surface area contributed by atoms with Gasteiger partial charge in [-0.05, 0) is 56.3 Å². The molecule has 2 N–H and O–H groups in total. The van der Waals surface area contributed by atoms with Gasteiger partial charge in [-0.3, -0.25) is 14.5 Å². The van der Waals surface area contributed by atoms with Gasteiger partial charge in [-0.2, -0.15) is 0 Å². The molecule has 1 aliphatic heterocycles. The van der Waals surface area contributed by atoms with Gasteiger partial charge in [0, 0.05) is 36.0 Å². The van der Waals surface area contributed by atoms with Crippen LogP contribution in [0.1, 0.15) is 29.8 Å². The van der Waals surface area contributed by atoms with Crippen LogP contribution in [0.3, 0.4) is 0 Å². The number of hydrogen-bond donors (Lipinski definition) is 2. The van der Waals surface area contributed by atoms with E-state index in [0.29, 0.717) is 29.3 Å². The molecule has 9 heteroatoms. The average Bonchev–Trinajstić information content (AvgIpc) is 3.13. The van der Waals surface area contributed by atoms with Gasteiger partial charge >= 0.3 is 0 Å². The number of amides is 1. The molecule has 1 unspecified atom stereocenters. The molecule has 0 saturated heterocycles. The molecular formula is C23H23N3O5S. The van der Waals surface area contributed by atoms with Crippen molar-refractivity contribution in [1.29, 1.82) is 0 Å². The molecule has 166 valence electrons. The Morgan fingerprint density at radius 1 is 1.16 bits per heavy atom. The molecule has 1 atom stereocenters. The number of benzene rings is 2. The number of ether oxygens (including phenoxy) is 2. The second kappa shape index (κ2) is 8.88. The number of aromatic nitrogens is 1. The fourth-order valence-electron chi connectivity index (χ4n) is 3.43. The van der Waals surface area contributed by atoms with Crippen molar-refractivity contribution in [3.8, 4) is 11.5 Å². The summed E-state index contributed by atoms with van der Waals surface area (Å²) in [4.78, 5) is 16.7. The van der Waals surface area contributed by atoms with Crippen molar-refractivity contribution in [1.82, 2.24) is 4.98 Å². The molecule has 0 radical (unpaired) electrons. The molecule has 2 aromatic carbocycles. The number of hydrogen-bond acceptors (Lipinski definition) is 6. The van der Waals surface area contributed by atoms with Crippen LogP contribution in [0, 0.1) is 0 Å². The minimum absolute atomic E-state index is 0.0424. The summed E-state index contributed by atoms with van der Waals surface area (Å²) in [5, 5.41) is 2.84. The van der Waals surface area contributed by atoms with E-state index < -0.39 is 10.0 Å². The number of carbonyl (C=O) groups is 1. The summed E-state index contributed by atoms with van der Waals surface area (Å²) in [6, 6.07) is 12.4. The first-order valence-corrected chi connectivity index (χ1v) is 11.6. The third-order valence-electron chi connectivity index (χ3n) is 4.91. The van der Waals surface area contributed by atoms with Crippen molar-refractivity contribution in [3.63, 3.8) is 0 Å². The van der Waals surface area contributed by atoms with Crippen LogP contribution in [-0.2, 0) is 16.4 Å². The zero-order valence-electron chi connectivity index (χ0n) is 17.7. The van der Waals surface area contributed by atoms with E-state index in [2.05, 4.69) is 15.0 Å². The van der Waals surface area contributed by atoms with E-state index in [1.165, 1.54) is 36.7 Å². The molecule has 0 bridgehead atoms. The second-order valence-corrected chi connectivity index (χ2v) is 9.02. The Labute approximate surface area is 186 Å². The molecule has 0 aliphatic carbocycles. The molecule has 2 heterocycles. The molecule has 0 saturated carbocycles. The van der Waals surface area contributed by atoms with E-state index in [-0.39, 0.29) is 16.9 Å². The normalized spacial score (nSPS) is 14.9. The summed E-state index contributed by atoms with van der Waals surface area (Å²) in [5.41, 5.74) is 2.25.